The Kier molecular flexibility index (Phi) is 4.15. The number of aromatic nitrogens is 2. The summed E-state index contributed by atoms with van der Waals surface area (Å²) in [6.07, 6.45) is 0.824. The van der Waals surface area contributed by atoms with Crippen LogP contribution in [0.1, 0.15) is 38.4 Å². The fourth-order valence-electron chi connectivity index (χ4n) is 2.83. The van der Waals surface area contributed by atoms with E-state index in [2.05, 4.69) is 5.10 Å². The predicted octanol–water partition coefficient (Wildman–Crippen LogP) is 1.98. The number of carbonyl (C=O) groups is 1. The van der Waals surface area contributed by atoms with Crippen molar-refractivity contribution in [3.05, 3.63) is 15.8 Å². The van der Waals surface area contributed by atoms with Gasteiger partial charge in [0, 0.05) is 25.6 Å². The van der Waals surface area contributed by atoms with Crippen molar-refractivity contribution in [2.45, 2.75) is 39.7 Å². The van der Waals surface area contributed by atoms with Crippen LogP contribution in [0.4, 0.5) is 11.5 Å². The zero-order chi connectivity index (χ0) is 15.7. The topological polar surface area (TPSA) is 102 Å². The molecule has 2 heterocycles. The van der Waals surface area contributed by atoms with E-state index in [9.17, 15) is 14.9 Å². The van der Waals surface area contributed by atoms with Crippen molar-refractivity contribution in [3.63, 3.8) is 0 Å². The summed E-state index contributed by atoms with van der Waals surface area (Å²) in [6.45, 7) is 6.61. The molecular weight excluding hydrogens is 276 g/mol. The molecule has 1 N–H and O–H groups in total. The highest BCUT2D eigenvalue weighted by Crippen LogP contribution is 2.37. The molecule has 116 valence electrons. The second-order valence-corrected chi connectivity index (χ2v) is 5.75. The summed E-state index contributed by atoms with van der Waals surface area (Å²) < 4.78 is 1.66. The van der Waals surface area contributed by atoms with Crippen molar-refractivity contribution >= 4 is 17.5 Å². The second-order valence-electron chi connectivity index (χ2n) is 5.75. The molecule has 0 saturated carbocycles. The van der Waals surface area contributed by atoms with E-state index in [0.29, 0.717) is 24.6 Å². The van der Waals surface area contributed by atoms with E-state index >= 15 is 0 Å². The van der Waals surface area contributed by atoms with E-state index in [-0.39, 0.29) is 24.1 Å². The van der Waals surface area contributed by atoms with Crippen LogP contribution in [-0.2, 0) is 4.79 Å². The lowest BCUT2D eigenvalue weighted by Gasteiger charge is -2.20. The van der Waals surface area contributed by atoms with Gasteiger partial charge >= 0.3 is 11.7 Å². The Labute approximate surface area is 122 Å². The molecule has 0 amide bonds. The molecule has 1 atom stereocenters. The van der Waals surface area contributed by atoms with Gasteiger partial charge in [-0.15, -0.1) is 0 Å². The Hall–Kier alpha value is -2.12. The maximum atomic E-state index is 11.3. The molecule has 1 aliphatic heterocycles. The third-order valence-electron chi connectivity index (χ3n) is 3.75. The molecule has 0 aromatic carbocycles. The van der Waals surface area contributed by atoms with Gasteiger partial charge in [0.15, 0.2) is 0 Å². The predicted molar refractivity (Wildman–Crippen MR) is 76.6 cm³/mol. The first-order valence-electron chi connectivity index (χ1n) is 7.01. The average Bonchev–Trinajstić information content (AvgIpc) is 2.92. The molecule has 0 spiro atoms. The van der Waals surface area contributed by atoms with E-state index < -0.39 is 10.9 Å². The van der Waals surface area contributed by atoms with Crippen molar-refractivity contribution in [1.82, 2.24) is 9.78 Å². The lowest BCUT2D eigenvalue weighted by Crippen LogP contribution is -2.25. The fraction of sp³-hybridized carbons (Fsp3) is 0.692. The highest BCUT2D eigenvalue weighted by atomic mass is 16.6. The third-order valence-corrected chi connectivity index (χ3v) is 3.75. The van der Waals surface area contributed by atoms with Crippen LogP contribution in [0, 0.1) is 23.0 Å². The minimum absolute atomic E-state index is 0.00548. The SMILES string of the molecule is Cc1nn(C(C)C)c(N2CCC(CC(=O)O)C2)c1[N+](=O)[O-]. The molecule has 21 heavy (non-hydrogen) atoms. The number of carboxylic acid groups (broad SMARTS) is 1. The molecule has 8 nitrogen and oxygen atoms in total. The van der Waals surface area contributed by atoms with Gasteiger partial charge in [-0.2, -0.15) is 5.10 Å². The van der Waals surface area contributed by atoms with E-state index in [4.69, 9.17) is 5.11 Å². The molecule has 1 aromatic heterocycles. The molecule has 2 rings (SSSR count). The molecule has 1 saturated heterocycles. The third kappa shape index (κ3) is 2.98. The van der Waals surface area contributed by atoms with Crippen molar-refractivity contribution in [1.29, 1.82) is 0 Å². The van der Waals surface area contributed by atoms with Crippen LogP contribution in [-0.4, -0.2) is 38.9 Å². The van der Waals surface area contributed by atoms with Gasteiger partial charge in [0.25, 0.3) is 0 Å². The molecule has 1 aromatic rings. The summed E-state index contributed by atoms with van der Waals surface area (Å²) in [5, 5.41) is 24.5. The zero-order valence-corrected chi connectivity index (χ0v) is 12.4. The molecule has 8 heteroatoms. The summed E-state index contributed by atoms with van der Waals surface area (Å²) in [5.41, 5.74) is 0.421. The normalized spacial score (nSPS) is 18.5. The smallest absolute Gasteiger partial charge is 0.333 e. The first-order chi connectivity index (χ1) is 9.81. The zero-order valence-electron chi connectivity index (χ0n) is 12.4. The quantitative estimate of drug-likeness (QED) is 0.658. The van der Waals surface area contributed by atoms with Gasteiger partial charge in [-0.3, -0.25) is 14.9 Å². The Morgan fingerprint density at radius 2 is 2.24 bits per heavy atom. The van der Waals surface area contributed by atoms with E-state index in [0.717, 1.165) is 6.42 Å². The van der Waals surface area contributed by atoms with Gasteiger partial charge in [0.1, 0.15) is 5.69 Å². The lowest BCUT2D eigenvalue weighted by molar-refractivity contribution is -0.384. The minimum Gasteiger partial charge on any atom is -0.481 e. The van der Waals surface area contributed by atoms with Crippen LogP contribution in [0.3, 0.4) is 0 Å². The number of hydrogen-bond donors (Lipinski definition) is 1. The maximum Gasteiger partial charge on any atom is 0.333 e. The molecule has 1 fully saturated rings. The molecule has 1 aliphatic rings. The highest BCUT2D eigenvalue weighted by molar-refractivity contribution is 5.68. The monoisotopic (exact) mass is 296 g/mol. The summed E-state index contributed by atoms with van der Waals surface area (Å²) in [5.74, 6) is -0.303. The number of hydrogen-bond acceptors (Lipinski definition) is 5. The molecular formula is C13H20N4O4. The van der Waals surface area contributed by atoms with Crippen LogP contribution < -0.4 is 4.90 Å². The Morgan fingerprint density at radius 3 is 2.76 bits per heavy atom. The maximum absolute atomic E-state index is 11.3. The minimum atomic E-state index is -0.829. The number of aryl methyl sites for hydroxylation is 1. The van der Waals surface area contributed by atoms with Gasteiger partial charge in [-0.25, -0.2) is 4.68 Å². The summed E-state index contributed by atoms with van der Waals surface area (Å²) in [4.78, 5) is 23.6. The molecule has 0 aliphatic carbocycles. The highest BCUT2D eigenvalue weighted by Gasteiger charge is 2.35. The lowest BCUT2D eigenvalue weighted by atomic mass is 10.1. The van der Waals surface area contributed by atoms with Crippen molar-refractivity contribution in [2.75, 3.05) is 18.0 Å². The molecule has 0 radical (unpaired) electrons. The molecule has 0 bridgehead atoms. The van der Waals surface area contributed by atoms with Crippen LogP contribution in [0.25, 0.3) is 0 Å². The summed E-state index contributed by atoms with van der Waals surface area (Å²) in [7, 11) is 0. The number of rotatable bonds is 5. The summed E-state index contributed by atoms with van der Waals surface area (Å²) in [6, 6.07) is 0.00548. The number of nitro groups is 1. The van der Waals surface area contributed by atoms with Crippen molar-refractivity contribution in [3.8, 4) is 0 Å². The molecule has 1 unspecified atom stereocenters. The van der Waals surface area contributed by atoms with Gasteiger partial charge in [0.05, 0.1) is 4.92 Å². The Bertz CT molecular complexity index is 567. The van der Waals surface area contributed by atoms with Crippen LogP contribution in [0.15, 0.2) is 0 Å². The first kappa shape index (κ1) is 15.3. The van der Waals surface area contributed by atoms with Gasteiger partial charge in [-0.1, -0.05) is 0 Å². The van der Waals surface area contributed by atoms with Gasteiger partial charge in [0.2, 0.25) is 5.82 Å². The number of carboxylic acids is 1. The van der Waals surface area contributed by atoms with Gasteiger partial charge in [-0.05, 0) is 33.1 Å². The van der Waals surface area contributed by atoms with Crippen molar-refractivity contribution < 1.29 is 14.8 Å². The number of aliphatic carboxylic acids is 1. The Balaban J connectivity index is 2.34. The largest absolute Gasteiger partial charge is 0.481 e. The van der Waals surface area contributed by atoms with Gasteiger partial charge < -0.3 is 10.0 Å². The van der Waals surface area contributed by atoms with Crippen molar-refractivity contribution in [2.24, 2.45) is 5.92 Å². The first-order valence-corrected chi connectivity index (χ1v) is 7.01. The average molecular weight is 296 g/mol. The standard InChI is InChI=1S/C13H20N4O4/c1-8(2)16-13(12(17(20)21)9(3)14-16)15-5-4-10(7-15)6-11(18)19/h8,10H,4-7H2,1-3H3,(H,18,19). The number of anilines is 1. The van der Waals surface area contributed by atoms with E-state index in [1.165, 1.54) is 0 Å². The second kappa shape index (κ2) is 5.71. The fourth-order valence-corrected chi connectivity index (χ4v) is 2.83. The van der Waals surface area contributed by atoms with E-state index in [1.807, 2.05) is 18.7 Å². The van der Waals surface area contributed by atoms with Crippen LogP contribution in [0.2, 0.25) is 0 Å². The van der Waals surface area contributed by atoms with Crippen LogP contribution >= 0.6 is 0 Å². The summed E-state index contributed by atoms with van der Waals surface area (Å²) >= 11 is 0. The Morgan fingerprint density at radius 1 is 1.57 bits per heavy atom. The van der Waals surface area contributed by atoms with Crippen LogP contribution in [0.5, 0.6) is 0 Å². The van der Waals surface area contributed by atoms with E-state index in [1.54, 1.807) is 11.6 Å². The number of nitrogens with zero attached hydrogens (tertiary/aromatic N) is 4.